The first-order chi connectivity index (χ1) is 11.6. The molecule has 1 saturated carbocycles. The molecule has 1 aliphatic carbocycles. The fourth-order valence-corrected chi connectivity index (χ4v) is 4.24. The van der Waals surface area contributed by atoms with Crippen LogP contribution in [0.25, 0.3) is 0 Å². The van der Waals surface area contributed by atoms with Crippen molar-refractivity contribution in [1.82, 2.24) is 5.32 Å². The zero-order valence-electron chi connectivity index (χ0n) is 15.3. The predicted molar refractivity (Wildman–Crippen MR) is 103 cm³/mol. The Morgan fingerprint density at radius 3 is 2.67 bits per heavy atom. The van der Waals surface area contributed by atoms with Gasteiger partial charge in [0, 0.05) is 17.5 Å². The summed E-state index contributed by atoms with van der Waals surface area (Å²) >= 11 is 2.01. The lowest BCUT2D eigenvalue weighted by Gasteiger charge is -2.21. The van der Waals surface area contributed by atoms with Gasteiger partial charge in [0.05, 0.1) is 0 Å². The molecule has 4 heteroatoms. The van der Waals surface area contributed by atoms with E-state index in [0.717, 1.165) is 23.3 Å². The average molecular weight is 350 g/mol. The van der Waals surface area contributed by atoms with E-state index in [2.05, 4.69) is 19.2 Å². The predicted octanol–water partition coefficient (Wildman–Crippen LogP) is 4.64. The molecule has 1 aliphatic rings. The molecule has 0 saturated heterocycles. The van der Waals surface area contributed by atoms with Crippen molar-refractivity contribution in [2.24, 2.45) is 0 Å². The average Bonchev–Trinajstić information content (AvgIpc) is 2.60. The lowest BCUT2D eigenvalue weighted by molar-refractivity contribution is -0.127. The van der Waals surface area contributed by atoms with Crippen LogP contribution < -0.4 is 10.1 Å². The zero-order valence-corrected chi connectivity index (χ0v) is 16.1. The SMILES string of the molecule is CC[C@@H](Oc1ccc(C)c(C)c1)C(=O)NCCSC1CCCCC1. The number of ether oxygens (including phenoxy) is 1. The normalized spacial score (nSPS) is 16.6. The third-order valence-electron chi connectivity index (χ3n) is 4.73. The summed E-state index contributed by atoms with van der Waals surface area (Å²) in [5, 5.41) is 3.83. The summed E-state index contributed by atoms with van der Waals surface area (Å²) in [6.45, 7) is 6.85. The van der Waals surface area contributed by atoms with Gasteiger partial charge in [-0.25, -0.2) is 0 Å². The Morgan fingerprint density at radius 1 is 1.25 bits per heavy atom. The van der Waals surface area contributed by atoms with E-state index in [1.807, 2.05) is 36.9 Å². The van der Waals surface area contributed by atoms with Gasteiger partial charge in [0.2, 0.25) is 0 Å². The number of hydrogen-bond acceptors (Lipinski definition) is 3. The molecule has 0 aliphatic heterocycles. The largest absolute Gasteiger partial charge is 0.481 e. The molecule has 0 spiro atoms. The third-order valence-corrected chi connectivity index (χ3v) is 6.11. The molecular weight excluding hydrogens is 318 g/mol. The van der Waals surface area contributed by atoms with Crippen LogP contribution in [0.2, 0.25) is 0 Å². The van der Waals surface area contributed by atoms with Crippen molar-refractivity contribution in [2.45, 2.75) is 70.7 Å². The Labute approximate surface area is 150 Å². The quantitative estimate of drug-likeness (QED) is 0.695. The molecule has 1 N–H and O–H groups in total. The lowest BCUT2D eigenvalue weighted by atomic mass is 10.0. The molecular formula is C20H31NO2S. The minimum absolute atomic E-state index is 0.0000257. The van der Waals surface area contributed by atoms with Gasteiger partial charge in [-0.1, -0.05) is 32.3 Å². The molecule has 0 unspecified atom stereocenters. The highest BCUT2D eigenvalue weighted by Crippen LogP contribution is 2.27. The Balaban J connectivity index is 1.73. The summed E-state index contributed by atoms with van der Waals surface area (Å²) in [7, 11) is 0. The molecule has 1 aromatic rings. The van der Waals surface area contributed by atoms with Gasteiger partial charge in [-0.05, 0) is 56.4 Å². The van der Waals surface area contributed by atoms with Crippen molar-refractivity contribution in [3.63, 3.8) is 0 Å². The molecule has 0 aromatic heterocycles. The van der Waals surface area contributed by atoms with E-state index in [0.29, 0.717) is 6.42 Å². The summed E-state index contributed by atoms with van der Waals surface area (Å²) in [5.41, 5.74) is 2.42. The van der Waals surface area contributed by atoms with E-state index in [1.54, 1.807) is 0 Å². The van der Waals surface area contributed by atoms with Gasteiger partial charge < -0.3 is 10.1 Å². The van der Waals surface area contributed by atoms with E-state index in [4.69, 9.17) is 4.74 Å². The summed E-state index contributed by atoms with van der Waals surface area (Å²) in [6.07, 6.45) is 7.07. The van der Waals surface area contributed by atoms with Crippen LogP contribution in [0.3, 0.4) is 0 Å². The topological polar surface area (TPSA) is 38.3 Å². The monoisotopic (exact) mass is 349 g/mol. The Hall–Kier alpha value is -1.16. The van der Waals surface area contributed by atoms with E-state index < -0.39 is 6.10 Å². The van der Waals surface area contributed by atoms with Crippen LogP contribution in [0.4, 0.5) is 0 Å². The number of hydrogen-bond donors (Lipinski definition) is 1. The third kappa shape index (κ3) is 6.04. The molecule has 1 aromatic carbocycles. The number of aryl methyl sites for hydroxylation is 2. The number of thioether (sulfide) groups is 1. The maximum atomic E-state index is 12.3. The zero-order chi connectivity index (χ0) is 17.4. The molecule has 1 atom stereocenters. The Kier molecular flexibility index (Phi) is 7.97. The number of nitrogens with one attached hydrogen (secondary N) is 1. The van der Waals surface area contributed by atoms with Crippen LogP contribution in [0.1, 0.15) is 56.6 Å². The first-order valence-corrected chi connectivity index (χ1v) is 10.3. The number of benzene rings is 1. The van der Waals surface area contributed by atoms with Crippen molar-refractivity contribution in [2.75, 3.05) is 12.3 Å². The molecule has 0 heterocycles. The molecule has 0 bridgehead atoms. The number of rotatable bonds is 8. The van der Waals surface area contributed by atoms with Gasteiger partial charge >= 0.3 is 0 Å². The van der Waals surface area contributed by atoms with E-state index in [-0.39, 0.29) is 5.91 Å². The molecule has 1 fully saturated rings. The molecule has 134 valence electrons. The summed E-state index contributed by atoms with van der Waals surface area (Å²) in [6, 6.07) is 5.98. The summed E-state index contributed by atoms with van der Waals surface area (Å²) in [4.78, 5) is 12.3. The van der Waals surface area contributed by atoms with Crippen LogP contribution in [0, 0.1) is 13.8 Å². The highest BCUT2D eigenvalue weighted by Gasteiger charge is 2.18. The number of carbonyl (C=O) groups is 1. The molecule has 3 nitrogen and oxygen atoms in total. The molecule has 24 heavy (non-hydrogen) atoms. The highest BCUT2D eigenvalue weighted by atomic mass is 32.2. The smallest absolute Gasteiger partial charge is 0.261 e. The maximum absolute atomic E-state index is 12.3. The van der Waals surface area contributed by atoms with Gasteiger partial charge in [0.15, 0.2) is 6.10 Å². The van der Waals surface area contributed by atoms with E-state index >= 15 is 0 Å². The maximum Gasteiger partial charge on any atom is 0.261 e. The second-order valence-corrected chi connectivity index (χ2v) is 8.09. The summed E-state index contributed by atoms with van der Waals surface area (Å²) in [5.74, 6) is 1.77. The van der Waals surface area contributed by atoms with E-state index in [9.17, 15) is 4.79 Å². The van der Waals surface area contributed by atoms with Crippen molar-refractivity contribution in [3.05, 3.63) is 29.3 Å². The minimum Gasteiger partial charge on any atom is -0.481 e. The van der Waals surface area contributed by atoms with E-state index in [1.165, 1.54) is 43.2 Å². The van der Waals surface area contributed by atoms with Crippen molar-refractivity contribution >= 4 is 17.7 Å². The Bertz CT molecular complexity index is 526. The molecule has 1 amide bonds. The summed E-state index contributed by atoms with van der Waals surface area (Å²) < 4.78 is 5.89. The first kappa shape index (κ1) is 19.2. The van der Waals surface area contributed by atoms with Crippen LogP contribution in [0.5, 0.6) is 5.75 Å². The van der Waals surface area contributed by atoms with Gasteiger partial charge in [-0.3, -0.25) is 4.79 Å². The van der Waals surface area contributed by atoms with Crippen molar-refractivity contribution in [1.29, 1.82) is 0 Å². The van der Waals surface area contributed by atoms with Crippen molar-refractivity contribution in [3.8, 4) is 5.75 Å². The van der Waals surface area contributed by atoms with Gasteiger partial charge in [-0.2, -0.15) is 11.8 Å². The minimum atomic E-state index is -0.410. The van der Waals surface area contributed by atoms with Gasteiger partial charge in [-0.15, -0.1) is 0 Å². The number of amides is 1. The molecule has 2 rings (SSSR count). The number of carbonyl (C=O) groups excluding carboxylic acids is 1. The van der Waals surface area contributed by atoms with Gasteiger partial charge in [0.1, 0.15) is 5.75 Å². The fraction of sp³-hybridized carbons (Fsp3) is 0.650. The molecule has 0 radical (unpaired) electrons. The van der Waals surface area contributed by atoms with Crippen molar-refractivity contribution < 1.29 is 9.53 Å². The van der Waals surface area contributed by atoms with Crippen LogP contribution in [-0.4, -0.2) is 29.6 Å². The standard InChI is InChI=1S/C20H31NO2S/c1-4-19(23-17-11-10-15(2)16(3)14-17)20(22)21-12-13-24-18-8-6-5-7-9-18/h10-11,14,18-19H,4-9,12-13H2,1-3H3,(H,21,22)/t19-/m1/s1. The van der Waals surface area contributed by atoms with Crippen LogP contribution >= 0.6 is 11.8 Å². The second kappa shape index (κ2) is 9.97. The van der Waals surface area contributed by atoms with Crippen LogP contribution in [-0.2, 0) is 4.79 Å². The second-order valence-electron chi connectivity index (χ2n) is 6.68. The van der Waals surface area contributed by atoms with Crippen LogP contribution in [0.15, 0.2) is 18.2 Å². The fourth-order valence-electron chi connectivity index (χ4n) is 3.02. The Morgan fingerprint density at radius 2 is 2.00 bits per heavy atom. The van der Waals surface area contributed by atoms with Gasteiger partial charge in [0.25, 0.3) is 5.91 Å². The lowest BCUT2D eigenvalue weighted by Crippen LogP contribution is -2.39. The highest BCUT2D eigenvalue weighted by molar-refractivity contribution is 7.99. The first-order valence-electron chi connectivity index (χ1n) is 9.23.